The van der Waals surface area contributed by atoms with E-state index in [0.29, 0.717) is 19.8 Å². The summed E-state index contributed by atoms with van der Waals surface area (Å²) in [5, 5.41) is 12.6. The van der Waals surface area contributed by atoms with Crippen LogP contribution < -0.4 is 5.32 Å². The van der Waals surface area contributed by atoms with Gasteiger partial charge in [-0.3, -0.25) is 9.69 Å². The predicted octanol–water partition coefficient (Wildman–Crippen LogP) is 3.75. The second-order valence-corrected chi connectivity index (χ2v) is 8.07. The highest BCUT2D eigenvalue weighted by Crippen LogP contribution is 2.22. The quantitative estimate of drug-likeness (QED) is 0.503. The number of ether oxygens (including phenoxy) is 1. The van der Waals surface area contributed by atoms with E-state index in [9.17, 15) is 14.4 Å². The molecule has 1 aliphatic heterocycles. The summed E-state index contributed by atoms with van der Waals surface area (Å²) in [5.41, 5.74) is 4.02. The van der Waals surface area contributed by atoms with E-state index in [2.05, 4.69) is 21.7 Å². The monoisotopic (exact) mass is 438 g/mol. The maximum Gasteiger partial charge on any atom is 0.262 e. The Morgan fingerprint density at radius 2 is 1.97 bits per heavy atom. The van der Waals surface area contributed by atoms with Crippen LogP contribution in [0.15, 0.2) is 35.9 Å². The van der Waals surface area contributed by atoms with E-state index in [1.54, 1.807) is 18.2 Å². The SMILES string of the molecule is CCCn1c(C)cc(/C=C(/C#N)C(=O)NCC(c2ccc(F)cc2)N2CCOCC2)c1C. The fraction of sp³-hybridized carbons (Fsp3) is 0.440. The summed E-state index contributed by atoms with van der Waals surface area (Å²) >= 11 is 0. The van der Waals surface area contributed by atoms with Crippen molar-refractivity contribution in [3.05, 3.63) is 64.2 Å². The molecule has 0 bridgehead atoms. The van der Waals surface area contributed by atoms with Crippen LogP contribution >= 0.6 is 0 Å². The maximum absolute atomic E-state index is 13.4. The zero-order valence-electron chi connectivity index (χ0n) is 19.0. The summed E-state index contributed by atoms with van der Waals surface area (Å²) in [5.74, 6) is -0.706. The molecule has 1 aromatic carbocycles. The Bertz CT molecular complexity index is 998. The van der Waals surface area contributed by atoms with Crippen molar-refractivity contribution in [2.45, 2.75) is 39.8 Å². The standard InChI is InChI=1S/C25H31FN4O2/c1-4-9-30-18(2)14-21(19(30)3)15-22(16-27)25(31)28-17-24(29-10-12-32-13-11-29)20-5-7-23(26)8-6-20/h5-8,14-15,24H,4,9-13,17H2,1-3H3,(H,28,31)/b22-15-. The van der Waals surface area contributed by atoms with E-state index >= 15 is 0 Å². The molecule has 0 radical (unpaired) electrons. The first-order valence-electron chi connectivity index (χ1n) is 11.1. The molecule has 0 saturated carbocycles. The Hall–Kier alpha value is -2.95. The molecule has 1 atom stereocenters. The van der Waals surface area contributed by atoms with Gasteiger partial charge in [-0.05, 0) is 55.7 Å². The van der Waals surface area contributed by atoms with Gasteiger partial charge in [-0.1, -0.05) is 19.1 Å². The highest BCUT2D eigenvalue weighted by atomic mass is 19.1. The third-order valence-electron chi connectivity index (χ3n) is 5.92. The molecule has 170 valence electrons. The second kappa shape index (κ2) is 11.1. The molecule has 0 spiro atoms. The van der Waals surface area contributed by atoms with Gasteiger partial charge in [0.2, 0.25) is 0 Å². The number of hydrogen-bond donors (Lipinski definition) is 1. The molecule has 2 aromatic rings. The molecule has 7 heteroatoms. The van der Waals surface area contributed by atoms with Crippen molar-refractivity contribution >= 4 is 12.0 Å². The van der Waals surface area contributed by atoms with Gasteiger partial charge in [0.05, 0.1) is 19.3 Å². The van der Waals surface area contributed by atoms with Gasteiger partial charge < -0.3 is 14.6 Å². The molecule has 1 aliphatic rings. The molecule has 2 heterocycles. The summed E-state index contributed by atoms with van der Waals surface area (Å²) in [6.07, 6.45) is 2.67. The van der Waals surface area contributed by atoms with Crippen LogP contribution in [0, 0.1) is 31.0 Å². The molecule has 0 aliphatic carbocycles. The molecule has 1 N–H and O–H groups in total. The van der Waals surface area contributed by atoms with Gasteiger partial charge in [-0.15, -0.1) is 0 Å². The lowest BCUT2D eigenvalue weighted by atomic mass is 10.0. The number of carbonyl (C=O) groups excluding carboxylic acids is 1. The van der Waals surface area contributed by atoms with Crippen LogP contribution in [0.2, 0.25) is 0 Å². The van der Waals surface area contributed by atoms with Crippen LogP contribution in [0.25, 0.3) is 6.08 Å². The average Bonchev–Trinajstić information content (AvgIpc) is 3.07. The molecule has 1 fully saturated rings. The number of nitriles is 1. The van der Waals surface area contributed by atoms with Gasteiger partial charge in [0.25, 0.3) is 5.91 Å². The average molecular weight is 439 g/mol. The number of morpholine rings is 1. The summed E-state index contributed by atoms with van der Waals surface area (Å²) in [6, 6.07) is 10.3. The third-order valence-corrected chi connectivity index (χ3v) is 5.92. The van der Waals surface area contributed by atoms with E-state index in [4.69, 9.17) is 4.74 Å². The highest BCUT2D eigenvalue weighted by molar-refractivity contribution is 6.01. The summed E-state index contributed by atoms with van der Waals surface area (Å²) in [4.78, 5) is 15.1. The lowest BCUT2D eigenvalue weighted by Gasteiger charge is -2.34. The van der Waals surface area contributed by atoms with Crippen molar-refractivity contribution in [2.75, 3.05) is 32.8 Å². The first-order valence-corrected chi connectivity index (χ1v) is 11.1. The number of amides is 1. The number of halogens is 1. The highest BCUT2D eigenvalue weighted by Gasteiger charge is 2.24. The van der Waals surface area contributed by atoms with Gasteiger partial charge in [-0.25, -0.2) is 4.39 Å². The van der Waals surface area contributed by atoms with E-state index in [0.717, 1.165) is 48.6 Å². The number of benzene rings is 1. The normalized spacial score (nSPS) is 15.9. The molecule has 1 aromatic heterocycles. The van der Waals surface area contributed by atoms with Gasteiger partial charge in [0, 0.05) is 37.6 Å². The van der Waals surface area contributed by atoms with Crippen LogP contribution in [0.5, 0.6) is 0 Å². The number of hydrogen-bond acceptors (Lipinski definition) is 4. The minimum absolute atomic E-state index is 0.0709. The molecule has 1 amide bonds. The van der Waals surface area contributed by atoms with E-state index in [1.807, 2.05) is 26.0 Å². The molecule has 1 saturated heterocycles. The zero-order chi connectivity index (χ0) is 23.1. The fourth-order valence-corrected chi connectivity index (χ4v) is 4.16. The van der Waals surface area contributed by atoms with Crippen LogP contribution in [-0.4, -0.2) is 48.2 Å². The van der Waals surface area contributed by atoms with E-state index in [-0.39, 0.29) is 17.4 Å². The molecule has 3 rings (SSSR count). The van der Waals surface area contributed by atoms with Crippen molar-refractivity contribution in [2.24, 2.45) is 0 Å². The zero-order valence-corrected chi connectivity index (χ0v) is 19.0. The van der Waals surface area contributed by atoms with Crippen molar-refractivity contribution in [1.29, 1.82) is 5.26 Å². The van der Waals surface area contributed by atoms with E-state index in [1.165, 1.54) is 12.1 Å². The van der Waals surface area contributed by atoms with Gasteiger partial charge in [-0.2, -0.15) is 5.26 Å². The van der Waals surface area contributed by atoms with Crippen molar-refractivity contribution in [3.8, 4) is 6.07 Å². The Labute approximate surface area is 189 Å². The molecule has 6 nitrogen and oxygen atoms in total. The molecule has 1 unspecified atom stereocenters. The lowest BCUT2D eigenvalue weighted by Crippen LogP contribution is -2.44. The van der Waals surface area contributed by atoms with Gasteiger partial charge in [0.15, 0.2) is 0 Å². The smallest absolute Gasteiger partial charge is 0.262 e. The van der Waals surface area contributed by atoms with Gasteiger partial charge >= 0.3 is 0 Å². The lowest BCUT2D eigenvalue weighted by molar-refractivity contribution is -0.117. The fourth-order valence-electron chi connectivity index (χ4n) is 4.16. The second-order valence-electron chi connectivity index (χ2n) is 8.07. The first kappa shape index (κ1) is 23.7. The number of nitrogens with one attached hydrogen (secondary N) is 1. The third kappa shape index (κ3) is 5.64. The van der Waals surface area contributed by atoms with Crippen LogP contribution in [0.1, 0.15) is 41.9 Å². The Morgan fingerprint density at radius 3 is 2.59 bits per heavy atom. The summed E-state index contributed by atoms with van der Waals surface area (Å²) in [7, 11) is 0. The Kier molecular flexibility index (Phi) is 8.20. The maximum atomic E-state index is 13.4. The van der Waals surface area contributed by atoms with Crippen LogP contribution in [-0.2, 0) is 16.1 Å². The van der Waals surface area contributed by atoms with Gasteiger partial charge in [0.1, 0.15) is 17.5 Å². The van der Waals surface area contributed by atoms with Crippen molar-refractivity contribution in [3.63, 3.8) is 0 Å². The molecule has 32 heavy (non-hydrogen) atoms. The minimum Gasteiger partial charge on any atom is -0.379 e. The number of aromatic nitrogens is 1. The largest absolute Gasteiger partial charge is 0.379 e. The van der Waals surface area contributed by atoms with Crippen molar-refractivity contribution in [1.82, 2.24) is 14.8 Å². The number of aryl methyl sites for hydroxylation is 1. The molecular weight excluding hydrogens is 407 g/mol. The Balaban J connectivity index is 1.77. The van der Waals surface area contributed by atoms with Crippen LogP contribution in [0.3, 0.4) is 0 Å². The number of carbonyl (C=O) groups is 1. The summed E-state index contributed by atoms with van der Waals surface area (Å²) < 4.78 is 21.1. The number of nitrogens with zero attached hydrogens (tertiary/aromatic N) is 3. The number of rotatable bonds is 8. The minimum atomic E-state index is -0.409. The van der Waals surface area contributed by atoms with Crippen molar-refractivity contribution < 1.29 is 13.9 Å². The van der Waals surface area contributed by atoms with E-state index < -0.39 is 5.91 Å². The topological polar surface area (TPSA) is 70.3 Å². The predicted molar refractivity (Wildman–Crippen MR) is 122 cm³/mol. The molecular formula is C25H31FN4O2. The summed E-state index contributed by atoms with van der Waals surface area (Å²) in [6.45, 7) is 10.0. The Morgan fingerprint density at radius 1 is 1.28 bits per heavy atom. The van der Waals surface area contributed by atoms with Crippen LogP contribution in [0.4, 0.5) is 4.39 Å². The first-order chi connectivity index (χ1) is 15.4.